The third-order valence-electron chi connectivity index (χ3n) is 4.89. The van der Waals surface area contributed by atoms with Gasteiger partial charge in [0.25, 0.3) is 0 Å². The number of aliphatic imine (C=N–C) groups is 1. The third-order valence-corrected chi connectivity index (χ3v) is 5.90. The Hall–Kier alpha value is -1.28. The van der Waals surface area contributed by atoms with Gasteiger partial charge in [-0.15, -0.1) is 35.3 Å². The first-order valence-corrected chi connectivity index (χ1v) is 10.5. The van der Waals surface area contributed by atoms with Gasteiger partial charge in [0.05, 0.1) is 12.6 Å². The minimum Gasteiger partial charge on any atom is -0.372 e. The monoisotopic (exact) mass is 498 g/mol. The predicted octanol–water partition coefficient (Wildman–Crippen LogP) is 5.09. The lowest BCUT2D eigenvalue weighted by atomic mass is 10.1. The maximum absolute atomic E-state index is 4.78. The number of hydrogen-bond acceptors (Lipinski definition) is 3. The van der Waals surface area contributed by atoms with Crippen LogP contribution in [0.2, 0.25) is 0 Å². The number of hydrogen-bond donors (Lipinski definition) is 2. The normalized spacial score (nSPS) is 15.4. The highest BCUT2D eigenvalue weighted by atomic mass is 127. The summed E-state index contributed by atoms with van der Waals surface area (Å²) in [6, 6.07) is 11.3. The molecule has 1 fully saturated rings. The Bertz CT molecular complexity index is 737. The van der Waals surface area contributed by atoms with Crippen molar-refractivity contribution >= 4 is 47.0 Å². The van der Waals surface area contributed by atoms with Crippen molar-refractivity contribution in [3.8, 4) is 0 Å². The lowest BCUT2D eigenvalue weighted by molar-refractivity contribution is 0.686. The van der Waals surface area contributed by atoms with Gasteiger partial charge in [0.2, 0.25) is 0 Å². The van der Waals surface area contributed by atoms with Crippen molar-refractivity contribution in [2.24, 2.45) is 4.99 Å². The highest BCUT2D eigenvalue weighted by molar-refractivity contribution is 14.0. The lowest BCUT2D eigenvalue weighted by Crippen LogP contribution is -2.38. The van der Waals surface area contributed by atoms with Gasteiger partial charge in [0.1, 0.15) is 0 Å². The fourth-order valence-electron chi connectivity index (χ4n) is 3.29. The largest absolute Gasteiger partial charge is 0.372 e. The van der Waals surface area contributed by atoms with Gasteiger partial charge in [-0.2, -0.15) is 0 Å². The van der Waals surface area contributed by atoms with E-state index >= 15 is 0 Å². The van der Waals surface area contributed by atoms with E-state index in [-0.39, 0.29) is 30.0 Å². The maximum atomic E-state index is 4.78. The molecule has 27 heavy (non-hydrogen) atoms. The fourth-order valence-corrected chi connectivity index (χ4v) is 4.12. The van der Waals surface area contributed by atoms with E-state index in [1.54, 1.807) is 11.3 Å². The Balaban J connectivity index is 0.00000261. The van der Waals surface area contributed by atoms with Crippen LogP contribution in [0.15, 0.2) is 40.7 Å². The van der Waals surface area contributed by atoms with Crippen LogP contribution in [-0.2, 0) is 6.54 Å². The van der Waals surface area contributed by atoms with Crippen LogP contribution in [0, 0.1) is 6.92 Å². The van der Waals surface area contributed by atoms with Crippen LogP contribution in [0.25, 0.3) is 0 Å². The minimum absolute atomic E-state index is 0. The first kappa shape index (κ1) is 22.0. The number of thiophene rings is 1. The van der Waals surface area contributed by atoms with Crippen molar-refractivity contribution in [1.82, 2.24) is 10.6 Å². The number of guanidine groups is 1. The molecule has 1 aliphatic rings. The zero-order chi connectivity index (χ0) is 18.4. The van der Waals surface area contributed by atoms with E-state index in [0.717, 1.165) is 19.0 Å². The van der Waals surface area contributed by atoms with Gasteiger partial charge in [0, 0.05) is 30.2 Å². The topological polar surface area (TPSA) is 39.7 Å². The quantitative estimate of drug-likeness (QED) is 0.331. The van der Waals surface area contributed by atoms with Gasteiger partial charge in [-0.3, -0.25) is 0 Å². The number of benzene rings is 1. The summed E-state index contributed by atoms with van der Waals surface area (Å²) >= 11 is 1.77. The molecule has 1 aliphatic heterocycles. The van der Waals surface area contributed by atoms with Crippen molar-refractivity contribution in [1.29, 1.82) is 0 Å². The minimum atomic E-state index is 0. The van der Waals surface area contributed by atoms with Crippen molar-refractivity contribution in [2.75, 3.05) is 24.5 Å². The molecule has 1 saturated heterocycles. The molecule has 4 nitrogen and oxygen atoms in total. The molecule has 0 amide bonds. The van der Waals surface area contributed by atoms with Gasteiger partial charge < -0.3 is 15.5 Å². The van der Waals surface area contributed by atoms with Crippen LogP contribution in [0.4, 0.5) is 5.69 Å². The molecule has 0 radical (unpaired) electrons. The summed E-state index contributed by atoms with van der Waals surface area (Å²) in [4.78, 5) is 8.58. The maximum Gasteiger partial charge on any atom is 0.192 e. The Morgan fingerprint density at radius 3 is 2.70 bits per heavy atom. The first-order chi connectivity index (χ1) is 12.7. The predicted molar refractivity (Wildman–Crippen MR) is 129 cm³/mol. The fraction of sp³-hybridized carbons (Fsp3) is 0.476. The molecule has 1 atom stereocenters. The van der Waals surface area contributed by atoms with Gasteiger partial charge in [0.15, 0.2) is 5.96 Å². The second kappa shape index (κ2) is 10.9. The molecule has 1 aromatic heterocycles. The van der Waals surface area contributed by atoms with E-state index in [1.165, 1.54) is 47.6 Å². The number of rotatable bonds is 6. The molecule has 6 heteroatoms. The number of halogens is 1. The number of anilines is 1. The lowest BCUT2D eigenvalue weighted by Gasteiger charge is -2.22. The van der Waals surface area contributed by atoms with E-state index in [4.69, 9.17) is 4.99 Å². The summed E-state index contributed by atoms with van der Waals surface area (Å²) in [5.74, 6) is 0.874. The Morgan fingerprint density at radius 1 is 1.26 bits per heavy atom. The Kier molecular flexibility index (Phi) is 8.89. The molecule has 2 heterocycles. The van der Waals surface area contributed by atoms with Crippen LogP contribution >= 0.6 is 35.3 Å². The SMILES string of the molecule is CCNC(=NCc1sccc1C)NC(C)c1cccc(N2CCCC2)c1.I. The van der Waals surface area contributed by atoms with Crippen molar-refractivity contribution < 1.29 is 0 Å². The third kappa shape index (κ3) is 6.10. The average Bonchev–Trinajstić information content (AvgIpc) is 3.32. The molecule has 148 valence electrons. The van der Waals surface area contributed by atoms with Gasteiger partial charge in [-0.25, -0.2) is 4.99 Å². The number of nitrogens with zero attached hydrogens (tertiary/aromatic N) is 2. The standard InChI is InChI=1S/C21H30N4S.HI/c1-4-22-21(23-15-20-16(2)10-13-26-20)24-17(3)18-8-7-9-19(14-18)25-11-5-6-12-25;/h7-10,13-14,17H,4-6,11-12,15H2,1-3H3,(H2,22,23,24);1H. The average molecular weight is 498 g/mol. The summed E-state index contributed by atoms with van der Waals surface area (Å²) in [7, 11) is 0. The highest BCUT2D eigenvalue weighted by Gasteiger charge is 2.14. The van der Waals surface area contributed by atoms with Crippen LogP contribution in [0.1, 0.15) is 48.7 Å². The zero-order valence-electron chi connectivity index (χ0n) is 16.5. The molecule has 0 bridgehead atoms. The van der Waals surface area contributed by atoms with Crippen LogP contribution < -0.4 is 15.5 Å². The van der Waals surface area contributed by atoms with E-state index in [1.807, 2.05) is 0 Å². The summed E-state index contributed by atoms with van der Waals surface area (Å²) in [5.41, 5.74) is 3.96. The van der Waals surface area contributed by atoms with Crippen LogP contribution in [0.5, 0.6) is 0 Å². The molecule has 0 aliphatic carbocycles. The van der Waals surface area contributed by atoms with E-state index in [0.29, 0.717) is 0 Å². The van der Waals surface area contributed by atoms with E-state index < -0.39 is 0 Å². The second-order valence-corrected chi connectivity index (χ2v) is 7.88. The first-order valence-electron chi connectivity index (χ1n) is 9.60. The smallest absolute Gasteiger partial charge is 0.192 e. The van der Waals surface area contributed by atoms with Gasteiger partial charge in [-0.1, -0.05) is 12.1 Å². The molecule has 3 rings (SSSR count). The molecular formula is C21H31IN4S. The van der Waals surface area contributed by atoms with Crippen LogP contribution in [0.3, 0.4) is 0 Å². The molecule has 2 aromatic rings. The van der Waals surface area contributed by atoms with Gasteiger partial charge in [-0.05, 0) is 68.3 Å². The van der Waals surface area contributed by atoms with E-state index in [9.17, 15) is 0 Å². The van der Waals surface area contributed by atoms with Crippen molar-refractivity contribution in [3.05, 3.63) is 51.7 Å². The summed E-state index contributed by atoms with van der Waals surface area (Å²) in [6.07, 6.45) is 2.61. The molecule has 0 saturated carbocycles. The molecule has 2 N–H and O–H groups in total. The van der Waals surface area contributed by atoms with Crippen molar-refractivity contribution in [3.63, 3.8) is 0 Å². The Morgan fingerprint density at radius 2 is 2.04 bits per heavy atom. The number of nitrogens with one attached hydrogen (secondary N) is 2. The van der Waals surface area contributed by atoms with Crippen molar-refractivity contribution in [2.45, 2.75) is 46.2 Å². The zero-order valence-corrected chi connectivity index (χ0v) is 19.6. The second-order valence-electron chi connectivity index (χ2n) is 6.88. The van der Waals surface area contributed by atoms with E-state index in [2.05, 4.69) is 72.0 Å². The molecular weight excluding hydrogens is 467 g/mol. The van der Waals surface area contributed by atoms with Crippen LogP contribution in [-0.4, -0.2) is 25.6 Å². The number of aryl methyl sites for hydroxylation is 1. The summed E-state index contributed by atoms with van der Waals surface area (Å²) in [6.45, 7) is 10.4. The molecule has 1 unspecified atom stereocenters. The highest BCUT2D eigenvalue weighted by Crippen LogP contribution is 2.24. The van der Waals surface area contributed by atoms with Gasteiger partial charge >= 0.3 is 0 Å². The summed E-state index contributed by atoms with van der Waals surface area (Å²) in [5, 5.41) is 9.06. The molecule has 0 spiro atoms. The Labute approximate surface area is 184 Å². The molecule has 1 aromatic carbocycles. The summed E-state index contributed by atoms with van der Waals surface area (Å²) < 4.78 is 0.